The summed E-state index contributed by atoms with van der Waals surface area (Å²) >= 11 is 0. The van der Waals surface area contributed by atoms with E-state index in [1.807, 2.05) is 0 Å². The third kappa shape index (κ3) is 2.00. The Morgan fingerprint density at radius 3 is 1.70 bits per heavy atom. The maximum atomic E-state index is 2.40. The largest absolute Gasteiger partial charge is 0.0625 e. The van der Waals surface area contributed by atoms with Crippen molar-refractivity contribution < 1.29 is 0 Å². The predicted octanol–water partition coefficient (Wildman–Crippen LogP) is 3.47. The maximum absolute atomic E-state index is 2.40. The molecule has 1 aliphatic carbocycles. The lowest BCUT2D eigenvalue weighted by atomic mass is 9.69. The molecule has 1 saturated carbocycles. The molecule has 10 heavy (non-hydrogen) atoms. The zero-order valence-electron chi connectivity index (χ0n) is 7.78. The van der Waals surface area contributed by atoms with Crippen LogP contribution in [0.2, 0.25) is 0 Å². The van der Waals surface area contributed by atoms with Gasteiger partial charge in [-0.25, -0.2) is 0 Å². The van der Waals surface area contributed by atoms with Gasteiger partial charge >= 0.3 is 0 Å². The Morgan fingerprint density at radius 1 is 1.00 bits per heavy atom. The minimum absolute atomic E-state index is 0.622. The minimum Gasteiger partial charge on any atom is -0.0625 e. The molecule has 0 aromatic heterocycles. The van der Waals surface area contributed by atoms with Gasteiger partial charge in [0.05, 0.1) is 0 Å². The summed E-state index contributed by atoms with van der Waals surface area (Å²) in [5, 5.41) is 0. The van der Waals surface area contributed by atoms with Crippen molar-refractivity contribution in [2.75, 3.05) is 0 Å². The van der Waals surface area contributed by atoms with Gasteiger partial charge in [0, 0.05) is 0 Å². The van der Waals surface area contributed by atoms with Crippen molar-refractivity contribution in [3.05, 3.63) is 0 Å². The first kappa shape index (κ1) is 8.10. The lowest BCUT2D eigenvalue weighted by molar-refractivity contribution is 0.143. The molecule has 1 fully saturated rings. The Morgan fingerprint density at radius 2 is 1.40 bits per heavy atom. The monoisotopic (exact) mass is 140 g/mol. The van der Waals surface area contributed by atoms with E-state index in [0.29, 0.717) is 5.41 Å². The molecule has 0 saturated heterocycles. The van der Waals surface area contributed by atoms with Crippen molar-refractivity contribution in [3.8, 4) is 0 Å². The minimum atomic E-state index is 0.622. The second kappa shape index (κ2) is 2.56. The van der Waals surface area contributed by atoms with Gasteiger partial charge in [-0.05, 0) is 36.5 Å². The molecule has 0 bridgehead atoms. The van der Waals surface area contributed by atoms with Gasteiger partial charge in [-0.1, -0.05) is 27.7 Å². The van der Waals surface area contributed by atoms with Gasteiger partial charge < -0.3 is 0 Å². The van der Waals surface area contributed by atoms with Crippen LogP contribution in [0, 0.1) is 17.3 Å². The van der Waals surface area contributed by atoms with E-state index in [0.717, 1.165) is 11.8 Å². The van der Waals surface area contributed by atoms with Gasteiger partial charge in [-0.3, -0.25) is 0 Å². The molecule has 0 spiro atoms. The van der Waals surface area contributed by atoms with E-state index in [-0.39, 0.29) is 0 Å². The molecule has 1 aliphatic rings. The summed E-state index contributed by atoms with van der Waals surface area (Å²) in [5.74, 6) is 1.91. The van der Waals surface area contributed by atoms with Crippen molar-refractivity contribution in [3.63, 3.8) is 0 Å². The molecular weight excluding hydrogens is 120 g/mol. The first-order chi connectivity index (χ1) is 4.49. The number of hydrogen-bond donors (Lipinski definition) is 0. The first-order valence-electron chi connectivity index (χ1n) is 4.49. The normalized spacial score (nSPS) is 39.6. The molecule has 0 heteroatoms. The SMILES string of the molecule is C[C@@H]1C[C@H](C)CC(C)(C)C1. The first-order valence-corrected chi connectivity index (χ1v) is 4.49. The summed E-state index contributed by atoms with van der Waals surface area (Å²) in [6.45, 7) is 9.58. The van der Waals surface area contributed by atoms with Crippen LogP contribution >= 0.6 is 0 Å². The Bertz CT molecular complexity index is 101. The second-order valence-corrected chi connectivity index (χ2v) is 5.02. The molecule has 0 heterocycles. The Hall–Kier alpha value is 0. The highest BCUT2D eigenvalue weighted by molar-refractivity contribution is 4.80. The van der Waals surface area contributed by atoms with Gasteiger partial charge in [-0.15, -0.1) is 0 Å². The third-order valence-electron chi connectivity index (χ3n) is 2.61. The molecular formula is C10H20. The van der Waals surface area contributed by atoms with Crippen LogP contribution in [0.4, 0.5) is 0 Å². The van der Waals surface area contributed by atoms with Crippen LogP contribution in [0.15, 0.2) is 0 Å². The molecule has 1 rings (SSSR count). The molecule has 0 amide bonds. The lowest BCUT2D eigenvalue weighted by Gasteiger charge is -2.37. The standard InChI is InChI=1S/C10H20/c1-8-5-9(2)7-10(3,4)6-8/h8-9H,5-7H2,1-4H3/t8-,9+. The van der Waals surface area contributed by atoms with Gasteiger partial charge in [0.1, 0.15) is 0 Å². The number of hydrogen-bond acceptors (Lipinski definition) is 0. The van der Waals surface area contributed by atoms with Crippen LogP contribution in [0.1, 0.15) is 47.0 Å². The highest BCUT2D eigenvalue weighted by Crippen LogP contribution is 2.41. The predicted molar refractivity (Wildman–Crippen MR) is 46.0 cm³/mol. The van der Waals surface area contributed by atoms with Crippen molar-refractivity contribution in [1.29, 1.82) is 0 Å². The molecule has 0 unspecified atom stereocenters. The zero-order valence-corrected chi connectivity index (χ0v) is 7.78. The Balaban J connectivity index is 2.51. The van der Waals surface area contributed by atoms with E-state index < -0.39 is 0 Å². The molecule has 0 radical (unpaired) electrons. The molecule has 0 N–H and O–H groups in total. The fourth-order valence-electron chi connectivity index (χ4n) is 2.82. The van der Waals surface area contributed by atoms with Gasteiger partial charge in [0.2, 0.25) is 0 Å². The highest BCUT2D eigenvalue weighted by Gasteiger charge is 2.29. The second-order valence-electron chi connectivity index (χ2n) is 5.02. The summed E-state index contributed by atoms with van der Waals surface area (Å²) in [6, 6.07) is 0. The molecule has 0 aromatic rings. The van der Waals surface area contributed by atoms with Crippen LogP contribution in [0.5, 0.6) is 0 Å². The molecule has 60 valence electrons. The van der Waals surface area contributed by atoms with Crippen molar-refractivity contribution >= 4 is 0 Å². The number of rotatable bonds is 0. The molecule has 0 nitrogen and oxygen atoms in total. The van der Waals surface area contributed by atoms with Gasteiger partial charge in [0.25, 0.3) is 0 Å². The van der Waals surface area contributed by atoms with Gasteiger partial charge in [0.15, 0.2) is 0 Å². The Kier molecular flexibility index (Phi) is 2.07. The van der Waals surface area contributed by atoms with E-state index in [1.54, 1.807) is 0 Å². The van der Waals surface area contributed by atoms with E-state index in [2.05, 4.69) is 27.7 Å². The average Bonchev–Trinajstić information content (AvgIpc) is 1.54. The van der Waals surface area contributed by atoms with Crippen molar-refractivity contribution in [2.24, 2.45) is 17.3 Å². The fraction of sp³-hybridized carbons (Fsp3) is 1.00. The summed E-state index contributed by atoms with van der Waals surface area (Å²) < 4.78 is 0. The lowest BCUT2D eigenvalue weighted by Crippen LogP contribution is -2.25. The smallest absolute Gasteiger partial charge is 0.0349 e. The van der Waals surface area contributed by atoms with Crippen molar-refractivity contribution in [2.45, 2.75) is 47.0 Å². The van der Waals surface area contributed by atoms with Crippen LogP contribution in [0.3, 0.4) is 0 Å². The molecule has 0 aliphatic heterocycles. The zero-order chi connectivity index (χ0) is 7.78. The summed E-state index contributed by atoms with van der Waals surface area (Å²) in [6.07, 6.45) is 4.30. The van der Waals surface area contributed by atoms with Crippen LogP contribution in [-0.2, 0) is 0 Å². The van der Waals surface area contributed by atoms with Crippen LogP contribution < -0.4 is 0 Å². The van der Waals surface area contributed by atoms with Crippen LogP contribution in [-0.4, -0.2) is 0 Å². The summed E-state index contributed by atoms with van der Waals surface area (Å²) in [5.41, 5.74) is 0.622. The van der Waals surface area contributed by atoms with Crippen LogP contribution in [0.25, 0.3) is 0 Å². The Labute approximate surface area is 65.0 Å². The fourth-order valence-corrected chi connectivity index (χ4v) is 2.82. The van der Waals surface area contributed by atoms with Gasteiger partial charge in [-0.2, -0.15) is 0 Å². The quantitative estimate of drug-likeness (QED) is 0.483. The van der Waals surface area contributed by atoms with Crippen molar-refractivity contribution in [1.82, 2.24) is 0 Å². The third-order valence-corrected chi connectivity index (χ3v) is 2.61. The van der Waals surface area contributed by atoms with E-state index in [1.165, 1.54) is 19.3 Å². The molecule has 2 atom stereocenters. The summed E-state index contributed by atoms with van der Waals surface area (Å²) in [4.78, 5) is 0. The van der Waals surface area contributed by atoms with E-state index >= 15 is 0 Å². The highest BCUT2D eigenvalue weighted by atomic mass is 14.3. The molecule has 0 aromatic carbocycles. The summed E-state index contributed by atoms with van der Waals surface area (Å²) in [7, 11) is 0. The topological polar surface area (TPSA) is 0 Å². The average molecular weight is 140 g/mol. The maximum Gasteiger partial charge on any atom is -0.0349 e. The van der Waals surface area contributed by atoms with E-state index in [9.17, 15) is 0 Å². The van der Waals surface area contributed by atoms with E-state index in [4.69, 9.17) is 0 Å².